The van der Waals surface area contributed by atoms with E-state index in [4.69, 9.17) is 4.74 Å². The number of fused-ring (bicyclic) bond motifs is 1. The Morgan fingerprint density at radius 2 is 1.85 bits per heavy atom. The zero-order valence-electron chi connectivity index (χ0n) is 15.2. The van der Waals surface area contributed by atoms with Gasteiger partial charge in [0.1, 0.15) is 11.4 Å². The Morgan fingerprint density at radius 1 is 1.19 bits per heavy atom. The SMILES string of the molecule is CN(C)S(=O)(=O)c1ccc(C(=O)NC[C@]2(O)CCOc3ccccc32)cc1. The van der Waals surface area contributed by atoms with Gasteiger partial charge in [0.25, 0.3) is 5.91 Å². The summed E-state index contributed by atoms with van der Waals surface area (Å²) >= 11 is 0. The van der Waals surface area contributed by atoms with Crippen LogP contribution in [0.2, 0.25) is 0 Å². The van der Waals surface area contributed by atoms with Crippen LogP contribution < -0.4 is 10.1 Å². The number of carbonyl (C=O) groups excluding carboxylic acids is 1. The number of ether oxygens (including phenoxy) is 1. The number of nitrogens with one attached hydrogen (secondary N) is 1. The fraction of sp³-hybridized carbons (Fsp3) is 0.316. The van der Waals surface area contributed by atoms with Gasteiger partial charge in [-0.15, -0.1) is 0 Å². The summed E-state index contributed by atoms with van der Waals surface area (Å²) in [5.74, 6) is 0.222. The molecule has 3 rings (SSSR count). The van der Waals surface area contributed by atoms with Crippen molar-refractivity contribution in [3.05, 3.63) is 59.7 Å². The van der Waals surface area contributed by atoms with E-state index >= 15 is 0 Å². The number of rotatable bonds is 5. The van der Waals surface area contributed by atoms with E-state index in [1.54, 1.807) is 12.1 Å². The number of sulfonamides is 1. The van der Waals surface area contributed by atoms with E-state index in [9.17, 15) is 18.3 Å². The number of para-hydroxylation sites is 1. The van der Waals surface area contributed by atoms with Crippen LogP contribution in [-0.4, -0.2) is 51.0 Å². The summed E-state index contributed by atoms with van der Waals surface area (Å²) in [5.41, 5.74) is -0.251. The third-order valence-electron chi connectivity index (χ3n) is 4.60. The molecule has 1 amide bonds. The van der Waals surface area contributed by atoms with Crippen molar-refractivity contribution in [1.82, 2.24) is 9.62 Å². The maximum absolute atomic E-state index is 12.4. The molecule has 0 radical (unpaired) electrons. The number of nitrogens with zero attached hydrogens (tertiary/aromatic N) is 1. The minimum absolute atomic E-state index is 0.0317. The van der Waals surface area contributed by atoms with Gasteiger partial charge in [0, 0.05) is 31.6 Å². The Bertz CT molecular complexity index is 941. The average molecular weight is 390 g/mol. The minimum Gasteiger partial charge on any atom is -0.493 e. The lowest BCUT2D eigenvalue weighted by Gasteiger charge is -2.34. The zero-order valence-corrected chi connectivity index (χ0v) is 16.0. The topological polar surface area (TPSA) is 95.9 Å². The first-order valence-corrected chi connectivity index (χ1v) is 9.93. The van der Waals surface area contributed by atoms with Gasteiger partial charge < -0.3 is 15.2 Å². The molecule has 0 aliphatic carbocycles. The summed E-state index contributed by atoms with van der Waals surface area (Å²) in [6, 6.07) is 12.9. The van der Waals surface area contributed by atoms with Gasteiger partial charge in [0.05, 0.1) is 18.0 Å². The van der Waals surface area contributed by atoms with E-state index in [0.29, 0.717) is 29.9 Å². The average Bonchev–Trinajstić information content (AvgIpc) is 2.66. The Morgan fingerprint density at radius 3 is 2.52 bits per heavy atom. The van der Waals surface area contributed by atoms with E-state index in [-0.39, 0.29) is 17.3 Å². The van der Waals surface area contributed by atoms with E-state index in [1.165, 1.54) is 38.4 Å². The normalized spacial score (nSPS) is 19.3. The second kappa shape index (κ2) is 7.30. The van der Waals surface area contributed by atoms with Crippen molar-refractivity contribution in [2.75, 3.05) is 27.2 Å². The van der Waals surface area contributed by atoms with E-state index in [1.807, 2.05) is 12.1 Å². The van der Waals surface area contributed by atoms with Crippen molar-refractivity contribution in [3.63, 3.8) is 0 Å². The van der Waals surface area contributed by atoms with Crippen molar-refractivity contribution in [1.29, 1.82) is 0 Å². The first kappa shape index (κ1) is 19.3. The van der Waals surface area contributed by atoms with Crippen molar-refractivity contribution >= 4 is 15.9 Å². The van der Waals surface area contributed by atoms with Crippen LogP contribution in [0.1, 0.15) is 22.3 Å². The van der Waals surface area contributed by atoms with Gasteiger partial charge in [-0.2, -0.15) is 0 Å². The standard InChI is InChI=1S/C19H22N2O5S/c1-21(2)27(24,25)15-9-7-14(8-10-15)18(22)20-13-19(23)11-12-26-17-6-4-3-5-16(17)19/h3-10,23H,11-13H2,1-2H3,(H,20,22)/t19-/m1/s1. The number of aliphatic hydroxyl groups is 1. The van der Waals surface area contributed by atoms with Crippen LogP contribution in [0.15, 0.2) is 53.4 Å². The number of hydrogen-bond donors (Lipinski definition) is 2. The molecule has 0 unspecified atom stereocenters. The lowest BCUT2D eigenvalue weighted by Crippen LogP contribution is -2.43. The minimum atomic E-state index is -3.54. The third-order valence-corrected chi connectivity index (χ3v) is 6.43. The van der Waals surface area contributed by atoms with E-state index in [2.05, 4.69) is 5.32 Å². The molecule has 2 aromatic carbocycles. The number of carbonyl (C=O) groups is 1. The summed E-state index contributed by atoms with van der Waals surface area (Å²) in [7, 11) is -0.651. The summed E-state index contributed by atoms with van der Waals surface area (Å²) < 4.78 is 30.8. The third kappa shape index (κ3) is 3.83. The number of hydrogen-bond acceptors (Lipinski definition) is 5. The first-order chi connectivity index (χ1) is 12.7. The molecule has 0 spiro atoms. The quantitative estimate of drug-likeness (QED) is 0.803. The molecular weight excluding hydrogens is 368 g/mol. The van der Waals surface area contributed by atoms with E-state index in [0.717, 1.165) is 4.31 Å². The second-order valence-corrected chi connectivity index (χ2v) is 8.77. The predicted octanol–water partition coefficient (Wildman–Crippen LogP) is 1.34. The van der Waals surface area contributed by atoms with Crippen LogP contribution in [0.3, 0.4) is 0 Å². The molecule has 1 aliphatic rings. The largest absolute Gasteiger partial charge is 0.493 e. The van der Waals surface area contributed by atoms with Crippen LogP contribution in [0, 0.1) is 0 Å². The molecule has 2 aromatic rings. The maximum atomic E-state index is 12.4. The lowest BCUT2D eigenvalue weighted by atomic mass is 9.88. The summed E-state index contributed by atoms with van der Waals surface area (Å²) in [4.78, 5) is 12.5. The van der Waals surface area contributed by atoms with Gasteiger partial charge in [0.2, 0.25) is 10.0 Å². The van der Waals surface area contributed by atoms with Crippen LogP contribution in [0.4, 0.5) is 0 Å². The van der Waals surface area contributed by atoms with Crippen LogP contribution in [0.5, 0.6) is 5.75 Å². The molecule has 1 aliphatic heterocycles. The molecule has 144 valence electrons. The van der Waals surface area contributed by atoms with Crippen LogP contribution in [0.25, 0.3) is 0 Å². The Balaban J connectivity index is 1.72. The van der Waals surface area contributed by atoms with Gasteiger partial charge in [-0.3, -0.25) is 4.79 Å². The predicted molar refractivity (Wildman–Crippen MR) is 100 cm³/mol. The highest BCUT2D eigenvalue weighted by atomic mass is 32.2. The zero-order chi connectivity index (χ0) is 19.7. The first-order valence-electron chi connectivity index (χ1n) is 8.49. The van der Waals surface area contributed by atoms with Crippen molar-refractivity contribution in [2.24, 2.45) is 0 Å². The molecule has 0 fully saturated rings. The molecule has 27 heavy (non-hydrogen) atoms. The number of benzene rings is 2. The molecule has 1 atom stereocenters. The molecule has 7 nitrogen and oxygen atoms in total. The Kier molecular flexibility index (Phi) is 5.23. The summed E-state index contributed by atoms with van der Waals surface area (Å²) in [6.45, 7) is 0.393. The molecule has 8 heteroatoms. The van der Waals surface area contributed by atoms with Gasteiger partial charge in [0.15, 0.2) is 0 Å². The number of amides is 1. The lowest BCUT2D eigenvalue weighted by molar-refractivity contribution is -0.00160. The van der Waals surface area contributed by atoms with Crippen molar-refractivity contribution in [3.8, 4) is 5.75 Å². The smallest absolute Gasteiger partial charge is 0.251 e. The molecule has 0 bridgehead atoms. The van der Waals surface area contributed by atoms with Crippen LogP contribution >= 0.6 is 0 Å². The van der Waals surface area contributed by atoms with Crippen molar-refractivity contribution in [2.45, 2.75) is 16.9 Å². The Hall–Kier alpha value is -2.42. The van der Waals surface area contributed by atoms with Gasteiger partial charge in [-0.05, 0) is 30.3 Å². The highest BCUT2D eigenvalue weighted by Gasteiger charge is 2.35. The summed E-state index contributed by atoms with van der Waals surface area (Å²) in [5, 5.41) is 13.7. The fourth-order valence-electron chi connectivity index (χ4n) is 2.94. The molecule has 1 heterocycles. The van der Waals surface area contributed by atoms with Gasteiger partial charge >= 0.3 is 0 Å². The Labute approximate surface area is 158 Å². The van der Waals surface area contributed by atoms with E-state index < -0.39 is 15.6 Å². The summed E-state index contributed by atoms with van der Waals surface area (Å²) in [6.07, 6.45) is 0.365. The van der Waals surface area contributed by atoms with Gasteiger partial charge in [-0.25, -0.2) is 12.7 Å². The van der Waals surface area contributed by atoms with Crippen LogP contribution in [-0.2, 0) is 15.6 Å². The monoisotopic (exact) mass is 390 g/mol. The maximum Gasteiger partial charge on any atom is 0.251 e. The molecular formula is C19H22N2O5S. The van der Waals surface area contributed by atoms with Crippen molar-refractivity contribution < 1.29 is 23.1 Å². The van der Waals surface area contributed by atoms with Gasteiger partial charge in [-0.1, -0.05) is 18.2 Å². The second-order valence-electron chi connectivity index (χ2n) is 6.62. The highest BCUT2D eigenvalue weighted by Crippen LogP contribution is 2.36. The molecule has 0 aromatic heterocycles. The highest BCUT2D eigenvalue weighted by molar-refractivity contribution is 7.89. The molecule has 0 saturated heterocycles. The fourth-order valence-corrected chi connectivity index (χ4v) is 3.84. The molecule has 2 N–H and O–H groups in total. The molecule has 0 saturated carbocycles.